The predicted molar refractivity (Wildman–Crippen MR) is 575 cm³/mol. The molecule has 137 heavy (non-hydrogen) atoms. The Morgan fingerprint density at radius 1 is 0.299 bits per heavy atom. The molecule has 0 N–H and O–H groups in total. The number of para-hydroxylation sites is 3. The zero-order valence-electron chi connectivity index (χ0n) is 79.5. The summed E-state index contributed by atoms with van der Waals surface area (Å²) in [6.07, 6.45) is 11.7. The largest absolute Gasteiger partial charge is 0.381 e. The molecule has 0 bridgehead atoms. The van der Waals surface area contributed by atoms with Crippen molar-refractivity contribution in [3.8, 4) is 95.5 Å². The summed E-state index contributed by atoms with van der Waals surface area (Å²) in [5.74, 6) is 0. The third-order valence-electron chi connectivity index (χ3n) is 24.6. The average Bonchev–Trinajstić information content (AvgIpc) is 1.54. The number of hydrogen-bond acceptors (Lipinski definition) is 6. The van der Waals surface area contributed by atoms with E-state index in [0.717, 1.165) is 79.8 Å². The van der Waals surface area contributed by atoms with Gasteiger partial charge in [0.25, 0.3) is 0 Å². The first kappa shape index (κ1) is 100. The van der Waals surface area contributed by atoms with Crippen LogP contribution in [0.3, 0.4) is 0 Å². The molecule has 9 heterocycles. The van der Waals surface area contributed by atoms with Gasteiger partial charge in [-0.05, 0) is 168 Å². The first-order valence-electron chi connectivity index (χ1n) is 46.0. The fourth-order valence-electron chi connectivity index (χ4n) is 17.8. The summed E-state index contributed by atoms with van der Waals surface area (Å²) in [5, 5.41) is 14.9. The first-order chi connectivity index (χ1) is 65.1. The van der Waals surface area contributed by atoms with Crippen LogP contribution in [0.1, 0.15) is 23.6 Å². The maximum absolute atomic E-state index is 4.99. The molecular formula is C122H108Ir3N8Si4-6. The zero-order valence-corrected chi connectivity index (χ0v) is 90.7. The van der Waals surface area contributed by atoms with Gasteiger partial charge in [-0.3, -0.25) is 0 Å². The second-order valence-corrected chi connectivity index (χ2v) is 55.9. The molecule has 0 spiro atoms. The maximum atomic E-state index is 4.99. The maximum Gasteiger partial charge on any atom is 0.161 e. The Hall–Kier alpha value is -12.8. The Bertz CT molecular complexity index is 7370. The van der Waals surface area contributed by atoms with Gasteiger partial charge in [0.15, 0.2) is 8.07 Å². The minimum absolute atomic E-state index is 0. The molecule has 21 aromatic rings. The van der Waals surface area contributed by atoms with Crippen molar-refractivity contribution in [3.63, 3.8) is 0 Å². The topological polar surface area (TPSA) is 87.2 Å². The van der Waals surface area contributed by atoms with Gasteiger partial charge in [0.1, 0.15) is 0 Å². The van der Waals surface area contributed by atoms with E-state index in [4.69, 9.17) is 15.0 Å². The van der Waals surface area contributed by atoms with Crippen LogP contribution in [-0.2, 0) is 66.9 Å². The number of pyridine rings is 6. The Balaban J connectivity index is 0.000000137. The van der Waals surface area contributed by atoms with Gasteiger partial charge in [-0.2, -0.15) is 0 Å². The Morgan fingerprint density at radius 2 is 0.745 bits per heavy atom. The van der Waals surface area contributed by atoms with Crippen LogP contribution >= 0.6 is 0 Å². The fraction of sp³-hybridized carbons (Fsp3) is 0.115. The van der Waals surface area contributed by atoms with Crippen LogP contribution in [0, 0.1) is 57.2 Å². The zero-order chi connectivity index (χ0) is 92.9. The fourth-order valence-corrected chi connectivity index (χ4v) is 26.5. The number of fused-ring (bicyclic) bond motifs is 9. The van der Waals surface area contributed by atoms with Crippen LogP contribution in [0.5, 0.6) is 0 Å². The van der Waals surface area contributed by atoms with Crippen LogP contribution in [0.15, 0.2) is 407 Å². The first-order valence-corrected chi connectivity index (χ1v) is 58.5. The van der Waals surface area contributed by atoms with Crippen molar-refractivity contribution in [2.45, 2.75) is 93.2 Å². The standard InChI is InChI=1S/C32H28NSi2.C28H27N2Si.C26H23N2Si.3C12H10N.3Ir/c1-34(2,3)27-19-21-30(33-23-27)24-18-20-29-28-16-10-11-17-31(28)35(32(29)22-24,25-12-6-4-7-13-25)26-14-8-5-9-15-26;1-5-30-26-17-10-9-14-21(26)22-15-11-16-23(28(22)30)25-18-24(20-12-7-6-8-13-20)27(19-29-25)31(2,3)4;1-29(2,3)21-14-16-24(27-18-21)19-13-15-23-22-11-7-8-12-25(22)28(26(23)17-19)20-9-5-4-6-10-20;3*1-10-7-8-13-12(9-10)11-5-3-2-4-6-11;;;/h4-17,19-23H,1-3H3;6-15,17-19H,5H2,1-4H3;4-12,14-18H,1-3H3;3*2-5,7-9H,1H3;;;/q6*-1;;;. The van der Waals surface area contributed by atoms with Gasteiger partial charge < -0.3 is 39.0 Å². The van der Waals surface area contributed by atoms with E-state index in [1.54, 1.807) is 0 Å². The number of rotatable bonds is 14. The molecular weight excluding hydrogens is 2270 g/mol. The number of aryl methyl sites for hydroxylation is 4. The van der Waals surface area contributed by atoms with Crippen LogP contribution < -0.4 is 36.3 Å². The smallest absolute Gasteiger partial charge is 0.161 e. The molecule has 0 unspecified atom stereocenters. The third-order valence-corrected chi connectivity index (χ3v) is 35.5. The number of nitrogens with zero attached hydrogens (tertiary/aromatic N) is 8. The minimum atomic E-state index is -2.47. The van der Waals surface area contributed by atoms with Gasteiger partial charge >= 0.3 is 0 Å². The van der Waals surface area contributed by atoms with Crippen LogP contribution in [0.25, 0.3) is 139 Å². The summed E-state index contributed by atoms with van der Waals surface area (Å²) in [5.41, 5.74) is 27.2. The summed E-state index contributed by atoms with van der Waals surface area (Å²) in [4.78, 5) is 27.5. The second-order valence-electron chi connectivity index (χ2n) is 37.0. The monoisotopic (exact) mass is 2380 g/mol. The molecule has 8 nitrogen and oxygen atoms in total. The quantitative estimate of drug-likeness (QED) is 0.0796. The molecule has 22 rings (SSSR count). The van der Waals surface area contributed by atoms with E-state index in [-0.39, 0.29) is 60.3 Å². The van der Waals surface area contributed by atoms with Crippen molar-refractivity contribution in [3.05, 3.63) is 460 Å². The average molecular weight is 2380 g/mol. The summed E-state index contributed by atoms with van der Waals surface area (Å²) in [6.45, 7) is 30.6. The summed E-state index contributed by atoms with van der Waals surface area (Å²) >= 11 is 0. The van der Waals surface area contributed by atoms with E-state index < -0.39 is 32.3 Å². The molecule has 1 aliphatic heterocycles. The Morgan fingerprint density at radius 3 is 1.22 bits per heavy atom. The molecule has 0 saturated carbocycles. The van der Waals surface area contributed by atoms with E-state index in [1.165, 1.54) is 119 Å². The van der Waals surface area contributed by atoms with E-state index >= 15 is 0 Å². The van der Waals surface area contributed by atoms with Crippen LogP contribution in [-0.4, -0.2) is 71.3 Å². The van der Waals surface area contributed by atoms with Crippen molar-refractivity contribution in [1.82, 2.24) is 39.0 Å². The normalized spacial score (nSPS) is 11.6. The molecule has 685 valence electrons. The van der Waals surface area contributed by atoms with Gasteiger partial charge in [0.05, 0.1) is 24.2 Å². The molecule has 0 fully saturated rings. The van der Waals surface area contributed by atoms with Gasteiger partial charge in [0, 0.05) is 121 Å². The van der Waals surface area contributed by atoms with Gasteiger partial charge in [0.2, 0.25) is 0 Å². The summed E-state index contributed by atoms with van der Waals surface area (Å²) < 4.78 is 4.73. The van der Waals surface area contributed by atoms with Crippen LogP contribution in [0.2, 0.25) is 58.9 Å². The molecule has 13 aromatic carbocycles. The molecule has 15 heteroatoms. The molecule has 0 aliphatic carbocycles. The van der Waals surface area contributed by atoms with Crippen molar-refractivity contribution < 1.29 is 60.3 Å². The van der Waals surface area contributed by atoms with Crippen molar-refractivity contribution >= 4 is 112 Å². The summed E-state index contributed by atoms with van der Waals surface area (Å²) in [6, 6.07) is 150. The molecule has 0 saturated heterocycles. The number of benzene rings is 13. The molecule has 1 aliphatic rings. The molecule has 0 atom stereocenters. The molecule has 8 aromatic heterocycles. The van der Waals surface area contributed by atoms with E-state index in [2.05, 4.69) is 432 Å². The van der Waals surface area contributed by atoms with Crippen LogP contribution in [0.4, 0.5) is 0 Å². The van der Waals surface area contributed by atoms with Gasteiger partial charge in [-0.1, -0.05) is 316 Å². The van der Waals surface area contributed by atoms with Crippen molar-refractivity contribution in [2.24, 2.45) is 0 Å². The Labute approximate surface area is 852 Å². The SMILES string of the molecule is CCn1c2ccccc2c2cc[c-]c(-c3cc(-c4ccccc4)c([Si](C)(C)C)cn3)c21.C[Si](C)(C)c1ccc(-c2[c-]cc3c(c2)[Si](c2ccccc2)(c2ccccc2)c2ccccc2-3)nc1.C[Si](C)(C)c1ccc(-c2[c-]cc3c4ccccc4n(-c4ccccc4)c3c2)nc1.Cc1ccnc(-c2[c-]cccc2)c1.Cc1ccnc(-c2[c-]cccc2)c1.Cc1ccnc(-c2[c-]cccc2)c1.[Ir].[Ir].[Ir]. The molecule has 0 amide bonds. The van der Waals surface area contributed by atoms with E-state index in [9.17, 15) is 0 Å². The van der Waals surface area contributed by atoms with E-state index in [1.807, 2.05) is 122 Å². The number of hydrogen-bond donors (Lipinski definition) is 0. The third kappa shape index (κ3) is 22.6. The summed E-state index contributed by atoms with van der Waals surface area (Å²) in [7, 11) is -6.78. The van der Waals surface area contributed by atoms with Crippen molar-refractivity contribution in [2.75, 3.05) is 0 Å². The molecule has 3 radical (unpaired) electrons. The number of aromatic nitrogens is 8. The minimum Gasteiger partial charge on any atom is -0.381 e. The van der Waals surface area contributed by atoms with E-state index in [0.29, 0.717) is 0 Å². The van der Waals surface area contributed by atoms with Gasteiger partial charge in [-0.25, -0.2) is 0 Å². The van der Waals surface area contributed by atoms with Gasteiger partial charge in [-0.15, -0.1) is 184 Å². The predicted octanol–water partition coefficient (Wildman–Crippen LogP) is 26.1. The van der Waals surface area contributed by atoms with Crippen molar-refractivity contribution in [1.29, 1.82) is 0 Å². The second kappa shape index (κ2) is 45.0. The Kier molecular flexibility index (Phi) is 32.9.